The quantitative estimate of drug-likeness (QED) is 0.717. The number of ether oxygens (including phenoxy) is 2. The third-order valence-electron chi connectivity index (χ3n) is 2.16. The first-order valence-corrected chi connectivity index (χ1v) is 6.48. The van der Waals surface area contributed by atoms with Gasteiger partial charge in [-0.25, -0.2) is 0 Å². The Balaban J connectivity index is 2.13. The van der Waals surface area contributed by atoms with E-state index in [1.54, 1.807) is 18.4 Å². The molecule has 1 atom stereocenters. The fourth-order valence-corrected chi connectivity index (χ4v) is 2.24. The molecular formula is C12H19NO3S. The van der Waals surface area contributed by atoms with Gasteiger partial charge in [-0.05, 0) is 18.4 Å². The Labute approximate surface area is 106 Å². The summed E-state index contributed by atoms with van der Waals surface area (Å²) in [5.41, 5.74) is 0. The van der Waals surface area contributed by atoms with Gasteiger partial charge >= 0.3 is 0 Å². The van der Waals surface area contributed by atoms with E-state index in [4.69, 9.17) is 9.47 Å². The van der Waals surface area contributed by atoms with E-state index < -0.39 is 0 Å². The Morgan fingerprint density at radius 3 is 3.00 bits per heavy atom. The molecule has 0 radical (unpaired) electrons. The van der Waals surface area contributed by atoms with Crippen molar-refractivity contribution in [2.75, 3.05) is 26.9 Å². The van der Waals surface area contributed by atoms with Crippen molar-refractivity contribution in [1.29, 1.82) is 0 Å². The number of hydrogen-bond donors (Lipinski definition) is 1. The van der Waals surface area contributed by atoms with Crippen LogP contribution in [0.1, 0.15) is 11.8 Å². The third-order valence-corrected chi connectivity index (χ3v) is 3.06. The van der Waals surface area contributed by atoms with Gasteiger partial charge in [-0.3, -0.25) is 4.79 Å². The van der Waals surface area contributed by atoms with Gasteiger partial charge in [0.15, 0.2) is 0 Å². The van der Waals surface area contributed by atoms with Crippen LogP contribution in [0.2, 0.25) is 0 Å². The van der Waals surface area contributed by atoms with Crippen LogP contribution in [0.15, 0.2) is 17.5 Å². The normalized spacial score (nSPS) is 12.4. The molecule has 4 nitrogen and oxygen atoms in total. The molecule has 0 aliphatic carbocycles. The minimum atomic E-state index is -0.0786. The maximum Gasteiger partial charge on any atom is 0.246 e. The van der Waals surface area contributed by atoms with Gasteiger partial charge in [0.1, 0.15) is 6.61 Å². The molecule has 0 saturated heterocycles. The second-order valence-corrected chi connectivity index (χ2v) is 4.83. The smallest absolute Gasteiger partial charge is 0.246 e. The molecule has 1 aromatic rings. The number of hydrogen-bond acceptors (Lipinski definition) is 4. The molecule has 0 aliphatic rings. The highest BCUT2D eigenvalue weighted by atomic mass is 32.1. The lowest BCUT2D eigenvalue weighted by molar-refractivity contribution is -0.126. The maximum absolute atomic E-state index is 11.5. The number of nitrogens with one attached hydrogen (secondary N) is 1. The standard InChI is InChI=1S/C12H19NO3S/c1-10(8-11-4-3-7-17-11)13-12(14)9-16-6-5-15-2/h3-4,7,10H,5-6,8-9H2,1-2H3,(H,13,14). The molecule has 0 spiro atoms. The van der Waals surface area contributed by atoms with Crippen molar-refractivity contribution in [1.82, 2.24) is 5.32 Å². The molecule has 0 fully saturated rings. The molecule has 1 unspecified atom stereocenters. The molecule has 5 heteroatoms. The van der Waals surface area contributed by atoms with Crippen molar-refractivity contribution < 1.29 is 14.3 Å². The van der Waals surface area contributed by atoms with Crippen LogP contribution in [0.3, 0.4) is 0 Å². The van der Waals surface area contributed by atoms with Gasteiger partial charge in [0.05, 0.1) is 13.2 Å². The molecule has 1 heterocycles. The first kappa shape index (κ1) is 14.2. The fourth-order valence-electron chi connectivity index (χ4n) is 1.41. The van der Waals surface area contributed by atoms with Crippen LogP contribution in [-0.4, -0.2) is 38.9 Å². The molecule has 1 amide bonds. The molecule has 1 aromatic heterocycles. The van der Waals surface area contributed by atoms with E-state index in [2.05, 4.69) is 11.4 Å². The summed E-state index contributed by atoms with van der Waals surface area (Å²) >= 11 is 1.70. The predicted octanol–water partition coefficient (Wildman–Crippen LogP) is 1.46. The average Bonchev–Trinajstić information content (AvgIpc) is 2.77. The number of thiophene rings is 1. The first-order chi connectivity index (χ1) is 8.22. The lowest BCUT2D eigenvalue weighted by Gasteiger charge is -2.12. The van der Waals surface area contributed by atoms with Gasteiger partial charge in [-0.2, -0.15) is 0 Å². The Morgan fingerprint density at radius 2 is 2.35 bits per heavy atom. The van der Waals surface area contributed by atoms with Crippen LogP contribution in [0.5, 0.6) is 0 Å². The molecule has 0 saturated carbocycles. The summed E-state index contributed by atoms with van der Waals surface area (Å²) in [4.78, 5) is 12.7. The Morgan fingerprint density at radius 1 is 1.53 bits per heavy atom. The van der Waals surface area contributed by atoms with Crippen LogP contribution in [0.4, 0.5) is 0 Å². The molecule has 0 aliphatic heterocycles. The zero-order chi connectivity index (χ0) is 12.5. The summed E-state index contributed by atoms with van der Waals surface area (Å²) in [6, 6.07) is 4.22. The van der Waals surface area contributed by atoms with E-state index in [1.165, 1.54) is 4.88 Å². The second kappa shape index (κ2) is 8.22. The predicted molar refractivity (Wildman–Crippen MR) is 68.3 cm³/mol. The molecule has 0 bridgehead atoms. The molecule has 0 aromatic carbocycles. The Bertz CT molecular complexity index is 314. The highest BCUT2D eigenvalue weighted by molar-refractivity contribution is 7.09. The van der Waals surface area contributed by atoms with Gasteiger partial charge in [0.2, 0.25) is 5.91 Å². The zero-order valence-corrected chi connectivity index (χ0v) is 11.1. The van der Waals surface area contributed by atoms with E-state index in [1.807, 2.05) is 18.4 Å². The van der Waals surface area contributed by atoms with Gasteiger partial charge in [0, 0.05) is 24.4 Å². The summed E-state index contributed by atoms with van der Waals surface area (Å²) in [5, 5.41) is 4.94. The second-order valence-electron chi connectivity index (χ2n) is 3.80. The van der Waals surface area contributed by atoms with Crippen molar-refractivity contribution in [3.05, 3.63) is 22.4 Å². The minimum Gasteiger partial charge on any atom is -0.382 e. The van der Waals surface area contributed by atoms with Crippen molar-refractivity contribution >= 4 is 17.2 Å². The van der Waals surface area contributed by atoms with E-state index >= 15 is 0 Å². The lowest BCUT2D eigenvalue weighted by Crippen LogP contribution is -2.36. The van der Waals surface area contributed by atoms with Crippen LogP contribution in [0, 0.1) is 0 Å². The number of carbonyl (C=O) groups excluding carboxylic acids is 1. The van der Waals surface area contributed by atoms with Crippen molar-refractivity contribution in [3.63, 3.8) is 0 Å². The van der Waals surface area contributed by atoms with E-state index in [0.717, 1.165) is 6.42 Å². The number of amides is 1. The van der Waals surface area contributed by atoms with Gasteiger partial charge in [0.25, 0.3) is 0 Å². The van der Waals surface area contributed by atoms with Gasteiger partial charge in [-0.15, -0.1) is 11.3 Å². The highest BCUT2D eigenvalue weighted by Crippen LogP contribution is 2.10. The van der Waals surface area contributed by atoms with Gasteiger partial charge in [-0.1, -0.05) is 6.07 Å². The van der Waals surface area contributed by atoms with Crippen LogP contribution in [-0.2, 0) is 20.7 Å². The van der Waals surface area contributed by atoms with Crippen molar-refractivity contribution in [3.8, 4) is 0 Å². The minimum absolute atomic E-state index is 0.0786. The summed E-state index contributed by atoms with van der Waals surface area (Å²) < 4.78 is 9.96. The number of carbonyl (C=O) groups is 1. The monoisotopic (exact) mass is 257 g/mol. The van der Waals surface area contributed by atoms with Crippen molar-refractivity contribution in [2.24, 2.45) is 0 Å². The van der Waals surface area contributed by atoms with Gasteiger partial charge < -0.3 is 14.8 Å². The molecular weight excluding hydrogens is 238 g/mol. The van der Waals surface area contributed by atoms with Crippen molar-refractivity contribution in [2.45, 2.75) is 19.4 Å². The Kier molecular flexibility index (Phi) is 6.84. The molecule has 1 rings (SSSR count). The summed E-state index contributed by atoms with van der Waals surface area (Å²) in [5.74, 6) is -0.0786. The third kappa shape index (κ3) is 6.41. The van der Waals surface area contributed by atoms with Crippen LogP contribution < -0.4 is 5.32 Å². The summed E-state index contributed by atoms with van der Waals surface area (Å²) in [6.07, 6.45) is 0.863. The highest BCUT2D eigenvalue weighted by Gasteiger charge is 2.08. The first-order valence-electron chi connectivity index (χ1n) is 5.60. The fraction of sp³-hybridized carbons (Fsp3) is 0.583. The summed E-state index contributed by atoms with van der Waals surface area (Å²) in [7, 11) is 1.60. The lowest BCUT2D eigenvalue weighted by atomic mass is 10.2. The average molecular weight is 257 g/mol. The van der Waals surface area contributed by atoms with Crippen LogP contribution >= 0.6 is 11.3 Å². The van der Waals surface area contributed by atoms with Crippen LogP contribution in [0.25, 0.3) is 0 Å². The largest absolute Gasteiger partial charge is 0.382 e. The molecule has 1 N–H and O–H groups in total. The number of methoxy groups -OCH3 is 1. The Hall–Kier alpha value is -0.910. The molecule has 17 heavy (non-hydrogen) atoms. The molecule has 96 valence electrons. The maximum atomic E-state index is 11.5. The number of rotatable bonds is 8. The SMILES string of the molecule is COCCOCC(=O)NC(C)Cc1cccs1. The zero-order valence-electron chi connectivity index (χ0n) is 10.3. The topological polar surface area (TPSA) is 47.6 Å². The summed E-state index contributed by atoms with van der Waals surface area (Å²) in [6.45, 7) is 3.05. The van der Waals surface area contributed by atoms with E-state index in [0.29, 0.717) is 13.2 Å². The van der Waals surface area contributed by atoms with E-state index in [9.17, 15) is 4.79 Å². The van der Waals surface area contributed by atoms with E-state index in [-0.39, 0.29) is 18.6 Å².